The molecule has 5 heteroatoms. The van der Waals surface area contributed by atoms with E-state index in [-0.39, 0.29) is 23.1 Å². The molecule has 1 saturated heterocycles. The molecule has 0 radical (unpaired) electrons. The highest BCUT2D eigenvalue weighted by Crippen LogP contribution is 2.58. The monoisotopic (exact) mass is 353 g/mol. The predicted octanol–water partition coefficient (Wildman–Crippen LogP) is 2.83. The Hall–Kier alpha value is -2.40. The molecule has 2 amide bonds. The highest BCUT2D eigenvalue weighted by molar-refractivity contribution is 5.97. The van der Waals surface area contributed by atoms with Crippen molar-refractivity contribution in [1.82, 2.24) is 10.2 Å². The first-order valence-electron chi connectivity index (χ1n) is 9.22. The Morgan fingerprint density at radius 2 is 1.77 bits per heavy atom. The minimum absolute atomic E-state index is 0.0708. The first kappa shape index (κ1) is 18.4. The van der Waals surface area contributed by atoms with Crippen LogP contribution < -0.4 is 10.6 Å². The number of benzene rings is 1. The second-order valence-corrected chi connectivity index (χ2v) is 7.22. The number of rotatable bonds is 7. The van der Waals surface area contributed by atoms with Gasteiger partial charge in [-0.1, -0.05) is 12.2 Å². The van der Waals surface area contributed by atoms with E-state index in [4.69, 9.17) is 0 Å². The molecule has 1 aliphatic carbocycles. The van der Waals surface area contributed by atoms with Crippen molar-refractivity contribution >= 4 is 17.5 Å². The van der Waals surface area contributed by atoms with Gasteiger partial charge in [-0.15, -0.1) is 13.2 Å². The summed E-state index contributed by atoms with van der Waals surface area (Å²) in [6.45, 7) is 10.3. The van der Waals surface area contributed by atoms with E-state index in [0.29, 0.717) is 18.7 Å². The van der Waals surface area contributed by atoms with Crippen molar-refractivity contribution in [3.05, 3.63) is 55.1 Å². The molecule has 2 aliphatic rings. The average molecular weight is 353 g/mol. The van der Waals surface area contributed by atoms with E-state index in [0.717, 1.165) is 38.0 Å². The minimum atomic E-state index is -0.0708. The normalized spacial score (nSPS) is 20.2. The van der Waals surface area contributed by atoms with E-state index < -0.39 is 0 Å². The number of carbonyl (C=O) groups is 2. The molecule has 138 valence electrons. The number of amides is 2. The van der Waals surface area contributed by atoms with Crippen LogP contribution in [0.3, 0.4) is 0 Å². The number of carbonyl (C=O) groups excluding carboxylic acids is 2. The zero-order valence-corrected chi connectivity index (χ0v) is 15.2. The molecule has 2 N–H and O–H groups in total. The van der Waals surface area contributed by atoms with Crippen LogP contribution in [0.5, 0.6) is 0 Å². The lowest BCUT2D eigenvalue weighted by molar-refractivity contribution is -0.118. The van der Waals surface area contributed by atoms with E-state index in [2.05, 4.69) is 23.8 Å². The molecule has 1 aliphatic heterocycles. The molecule has 0 bridgehead atoms. The van der Waals surface area contributed by atoms with Gasteiger partial charge in [-0.2, -0.15) is 0 Å². The van der Waals surface area contributed by atoms with Crippen molar-refractivity contribution in [1.29, 1.82) is 0 Å². The third-order valence-corrected chi connectivity index (χ3v) is 5.49. The fourth-order valence-electron chi connectivity index (χ4n) is 3.86. The molecule has 1 saturated carbocycles. The van der Waals surface area contributed by atoms with Gasteiger partial charge in [0.25, 0.3) is 5.91 Å². The van der Waals surface area contributed by atoms with Gasteiger partial charge in [0.15, 0.2) is 0 Å². The molecule has 1 spiro atoms. The van der Waals surface area contributed by atoms with Crippen LogP contribution in [0.15, 0.2) is 49.6 Å². The number of piperidine rings is 1. The molecule has 3 rings (SSSR count). The van der Waals surface area contributed by atoms with Gasteiger partial charge in [0.05, 0.1) is 0 Å². The van der Waals surface area contributed by atoms with Gasteiger partial charge in [-0.25, -0.2) is 0 Å². The van der Waals surface area contributed by atoms with Gasteiger partial charge in [-0.05, 0) is 62.0 Å². The highest BCUT2D eigenvalue weighted by atomic mass is 16.2. The maximum absolute atomic E-state index is 12.5. The Balaban J connectivity index is 1.59. The van der Waals surface area contributed by atoms with Crippen LogP contribution in [0.1, 0.15) is 29.6 Å². The first-order valence-corrected chi connectivity index (χ1v) is 9.22. The van der Waals surface area contributed by atoms with Crippen molar-refractivity contribution < 1.29 is 9.59 Å². The van der Waals surface area contributed by atoms with Gasteiger partial charge in [0.2, 0.25) is 5.91 Å². The highest BCUT2D eigenvalue weighted by Gasteiger charge is 2.57. The van der Waals surface area contributed by atoms with Crippen LogP contribution in [0, 0.1) is 11.3 Å². The number of nitrogens with zero attached hydrogens (tertiary/aromatic N) is 1. The molecule has 1 unspecified atom stereocenters. The standard InChI is InChI=1S/C21H27N3O2/c1-3-13-24(14-4-2)20(26)16-5-7-17(8-6-16)23-19(25)18-15-21(18)9-11-22-12-10-21/h3-8,18,22H,1-2,9-15H2,(H,23,25). The Labute approximate surface area is 155 Å². The Morgan fingerprint density at radius 3 is 2.35 bits per heavy atom. The summed E-state index contributed by atoms with van der Waals surface area (Å²) in [6.07, 6.45) is 6.56. The Kier molecular flexibility index (Phi) is 5.57. The summed E-state index contributed by atoms with van der Waals surface area (Å²) in [5.41, 5.74) is 1.55. The number of anilines is 1. The maximum atomic E-state index is 12.5. The summed E-state index contributed by atoms with van der Waals surface area (Å²) < 4.78 is 0. The third kappa shape index (κ3) is 3.88. The Morgan fingerprint density at radius 1 is 1.15 bits per heavy atom. The lowest BCUT2D eigenvalue weighted by Crippen LogP contribution is -2.31. The number of nitrogens with one attached hydrogen (secondary N) is 2. The van der Waals surface area contributed by atoms with Crippen molar-refractivity contribution in [2.45, 2.75) is 19.3 Å². The largest absolute Gasteiger partial charge is 0.331 e. The van der Waals surface area contributed by atoms with Crippen molar-refractivity contribution in [3.63, 3.8) is 0 Å². The summed E-state index contributed by atoms with van der Waals surface area (Å²) in [5, 5.41) is 6.36. The molecule has 26 heavy (non-hydrogen) atoms. The topological polar surface area (TPSA) is 61.4 Å². The maximum Gasteiger partial charge on any atom is 0.254 e. The summed E-state index contributed by atoms with van der Waals surface area (Å²) in [7, 11) is 0. The van der Waals surface area contributed by atoms with Gasteiger partial charge < -0.3 is 15.5 Å². The van der Waals surface area contributed by atoms with Gasteiger partial charge >= 0.3 is 0 Å². The van der Waals surface area contributed by atoms with Crippen LogP contribution in [-0.4, -0.2) is 42.9 Å². The number of hydrogen-bond acceptors (Lipinski definition) is 3. The zero-order valence-electron chi connectivity index (χ0n) is 15.2. The smallest absolute Gasteiger partial charge is 0.254 e. The summed E-state index contributed by atoms with van der Waals surface area (Å²) >= 11 is 0. The zero-order chi connectivity index (χ0) is 18.6. The SMILES string of the molecule is C=CCN(CC=C)C(=O)c1ccc(NC(=O)C2CC23CCNCC3)cc1. The fourth-order valence-corrected chi connectivity index (χ4v) is 3.86. The summed E-state index contributed by atoms with van der Waals surface area (Å²) in [4.78, 5) is 26.7. The van der Waals surface area contributed by atoms with Gasteiger partial charge in [0.1, 0.15) is 0 Å². The summed E-state index contributed by atoms with van der Waals surface area (Å²) in [5.74, 6) is 0.158. The fraction of sp³-hybridized carbons (Fsp3) is 0.429. The van der Waals surface area contributed by atoms with E-state index in [1.165, 1.54) is 0 Å². The molecule has 1 aromatic carbocycles. The molecule has 1 aromatic rings. The number of hydrogen-bond donors (Lipinski definition) is 2. The first-order chi connectivity index (χ1) is 12.6. The quantitative estimate of drug-likeness (QED) is 0.741. The van der Waals surface area contributed by atoms with E-state index in [1.54, 1.807) is 41.3 Å². The Bertz CT molecular complexity index is 680. The second-order valence-electron chi connectivity index (χ2n) is 7.22. The molecular formula is C21H27N3O2. The third-order valence-electron chi connectivity index (χ3n) is 5.49. The second kappa shape index (κ2) is 7.87. The molecule has 1 atom stereocenters. The van der Waals surface area contributed by atoms with Crippen LogP contribution in [0.4, 0.5) is 5.69 Å². The lowest BCUT2D eigenvalue weighted by atomic mass is 9.92. The van der Waals surface area contributed by atoms with Crippen molar-refractivity contribution in [2.75, 3.05) is 31.5 Å². The van der Waals surface area contributed by atoms with Crippen LogP contribution in [0.2, 0.25) is 0 Å². The van der Waals surface area contributed by atoms with Crippen molar-refractivity contribution in [2.24, 2.45) is 11.3 Å². The van der Waals surface area contributed by atoms with Gasteiger partial charge in [0, 0.05) is 30.3 Å². The van der Waals surface area contributed by atoms with E-state index >= 15 is 0 Å². The van der Waals surface area contributed by atoms with E-state index in [1.807, 2.05) is 0 Å². The van der Waals surface area contributed by atoms with E-state index in [9.17, 15) is 9.59 Å². The van der Waals surface area contributed by atoms with Crippen LogP contribution in [-0.2, 0) is 4.79 Å². The average Bonchev–Trinajstić information content (AvgIpc) is 3.35. The molecule has 5 nitrogen and oxygen atoms in total. The molecule has 2 fully saturated rings. The minimum Gasteiger partial charge on any atom is -0.331 e. The molecular weight excluding hydrogens is 326 g/mol. The molecule has 0 aromatic heterocycles. The summed E-state index contributed by atoms with van der Waals surface area (Å²) in [6, 6.07) is 7.10. The van der Waals surface area contributed by atoms with Crippen molar-refractivity contribution in [3.8, 4) is 0 Å². The van der Waals surface area contributed by atoms with Gasteiger partial charge in [-0.3, -0.25) is 9.59 Å². The molecule has 1 heterocycles. The van der Waals surface area contributed by atoms with Crippen LogP contribution >= 0.6 is 0 Å². The van der Waals surface area contributed by atoms with Crippen LogP contribution in [0.25, 0.3) is 0 Å². The lowest BCUT2D eigenvalue weighted by Gasteiger charge is -2.23. The predicted molar refractivity (Wildman–Crippen MR) is 104 cm³/mol.